The lowest BCUT2D eigenvalue weighted by molar-refractivity contribution is 0.0941. The van der Waals surface area contributed by atoms with Crippen molar-refractivity contribution >= 4 is 38.9 Å². The molecule has 2 aromatic rings. The van der Waals surface area contributed by atoms with Crippen LogP contribution in [-0.2, 0) is 9.84 Å². The summed E-state index contributed by atoms with van der Waals surface area (Å²) >= 11 is 6.03. The second kappa shape index (κ2) is 7.47. The third-order valence-electron chi connectivity index (χ3n) is 4.08. The Kier molecular flexibility index (Phi) is 5.29. The Morgan fingerprint density at radius 2 is 1.69 bits per heavy atom. The Labute approximate surface area is 156 Å². The highest BCUT2D eigenvalue weighted by Gasteiger charge is 2.29. The monoisotopic (exact) mass is 392 g/mol. The molecule has 2 aromatic carbocycles. The highest BCUT2D eigenvalue weighted by molar-refractivity contribution is 7.91. The molecule has 1 fully saturated rings. The van der Waals surface area contributed by atoms with Gasteiger partial charge in [0.15, 0.2) is 9.84 Å². The summed E-state index contributed by atoms with van der Waals surface area (Å²) in [5.74, 6) is -0.764. The van der Waals surface area contributed by atoms with Crippen molar-refractivity contribution in [1.29, 1.82) is 0 Å². The molecule has 2 N–H and O–H groups in total. The van der Waals surface area contributed by atoms with Gasteiger partial charge in [-0.1, -0.05) is 29.8 Å². The number of carbonyl (C=O) groups excluding carboxylic acids is 2. The van der Waals surface area contributed by atoms with Crippen LogP contribution in [0.15, 0.2) is 48.5 Å². The van der Waals surface area contributed by atoms with Crippen molar-refractivity contribution in [3.05, 3.63) is 64.7 Å². The van der Waals surface area contributed by atoms with Gasteiger partial charge in [0.2, 0.25) is 0 Å². The Hall–Kier alpha value is -2.38. The number of nitrogens with one attached hydrogen (secondary N) is 2. The molecule has 0 aromatic heterocycles. The number of amides is 2. The van der Waals surface area contributed by atoms with E-state index in [1.807, 2.05) is 0 Å². The second-order valence-electron chi connectivity index (χ2n) is 6.09. The van der Waals surface area contributed by atoms with Gasteiger partial charge in [-0.15, -0.1) is 0 Å². The van der Waals surface area contributed by atoms with Gasteiger partial charge in [0.25, 0.3) is 11.8 Å². The standard InChI is InChI=1S/C18H17ClN2O4S/c19-15-6-1-2-7-16(15)21-18(23)13-5-3-4-12(10-13)17(22)20-14-8-9-26(24,25)11-14/h1-7,10,14H,8-9,11H2,(H,20,22)(H,21,23). The smallest absolute Gasteiger partial charge is 0.255 e. The number of sulfone groups is 1. The predicted molar refractivity (Wildman–Crippen MR) is 100 cm³/mol. The summed E-state index contributed by atoms with van der Waals surface area (Å²) in [4.78, 5) is 24.7. The number of hydrogen-bond acceptors (Lipinski definition) is 4. The molecule has 1 atom stereocenters. The molecule has 8 heteroatoms. The van der Waals surface area contributed by atoms with E-state index in [0.717, 1.165) is 0 Å². The van der Waals surface area contributed by atoms with E-state index in [2.05, 4.69) is 10.6 Å². The molecular formula is C18H17ClN2O4S. The first kappa shape index (κ1) is 18.4. The molecule has 0 saturated carbocycles. The second-order valence-corrected chi connectivity index (χ2v) is 8.72. The van der Waals surface area contributed by atoms with Crippen molar-refractivity contribution < 1.29 is 18.0 Å². The maximum atomic E-state index is 12.4. The van der Waals surface area contributed by atoms with Gasteiger partial charge in [-0.2, -0.15) is 0 Å². The maximum Gasteiger partial charge on any atom is 0.255 e. The van der Waals surface area contributed by atoms with Gasteiger partial charge in [0.1, 0.15) is 0 Å². The Morgan fingerprint density at radius 1 is 1.00 bits per heavy atom. The normalized spacial score (nSPS) is 18.3. The Morgan fingerprint density at radius 3 is 2.35 bits per heavy atom. The van der Waals surface area contributed by atoms with Crippen LogP contribution in [0.5, 0.6) is 0 Å². The first-order valence-electron chi connectivity index (χ1n) is 8.01. The van der Waals surface area contributed by atoms with Crippen LogP contribution in [0.1, 0.15) is 27.1 Å². The van der Waals surface area contributed by atoms with Crippen LogP contribution in [-0.4, -0.2) is 37.8 Å². The van der Waals surface area contributed by atoms with Gasteiger partial charge in [-0.25, -0.2) is 8.42 Å². The topological polar surface area (TPSA) is 92.3 Å². The zero-order valence-electron chi connectivity index (χ0n) is 13.7. The SMILES string of the molecule is O=C(Nc1ccccc1Cl)c1cccc(C(=O)NC2CCS(=O)(=O)C2)c1. The third kappa shape index (κ3) is 4.42. The maximum absolute atomic E-state index is 12.4. The van der Waals surface area contributed by atoms with Gasteiger partial charge in [-0.05, 0) is 36.8 Å². The number of para-hydroxylation sites is 1. The van der Waals surface area contributed by atoms with E-state index in [1.54, 1.807) is 42.5 Å². The minimum absolute atomic E-state index is 0.0502. The quantitative estimate of drug-likeness (QED) is 0.836. The van der Waals surface area contributed by atoms with Crippen molar-refractivity contribution in [2.75, 3.05) is 16.8 Å². The minimum Gasteiger partial charge on any atom is -0.348 e. The van der Waals surface area contributed by atoms with Gasteiger partial charge in [0, 0.05) is 17.2 Å². The van der Waals surface area contributed by atoms with E-state index < -0.39 is 27.7 Å². The zero-order chi connectivity index (χ0) is 18.7. The zero-order valence-corrected chi connectivity index (χ0v) is 15.3. The van der Waals surface area contributed by atoms with Crippen LogP contribution in [0.4, 0.5) is 5.69 Å². The number of benzene rings is 2. The largest absolute Gasteiger partial charge is 0.348 e. The van der Waals surface area contributed by atoms with Crippen molar-refractivity contribution in [2.45, 2.75) is 12.5 Å². The Bertz CT molecular complexity index is 959. The lowest BCUT2D eigenvalue weighted by Gasteiger charge is -2.12. The molecule has 136 valence electrons. The molecule has 1 aliphatic heterocycles. The van der Waals surface area contributed by atoms with Gasteiger partial charge in [0.05, 0.1) is 22.2 Å². The van der Waals surface area contributed by atoms with E-state index >= 15 is 0 Å². The van der Waals surface area contributed by atoms with Gasteiger partial charge in [-0.3, -0.25) is 9.59 Å². The lowest BCUT2D eigenvalue weighted by Crippen LogP contribution is -2.35. The van der Waals surface area contributed by atoms with E-state index in [1.165, 1.54) is 6.07 Å². The molecule has 1 aliphatic rings. The summed E-state index contributed by atoms with van der Waals surface area (Å²) in [5.41, 5.74) is 1.07. The van der Waals surface area contributed by atoms with Crippen molar-refractivity contribution in [2.24, 2.45) is 0 Å². The molecule has 0 aliphatic carbocycles. The van der Waals surface area contributed by atoms with Crippen molar-refractivity contribution in [3.63, 3.8) is 0 Å². The average Bonchev–Trinajstić information content (AvgIpc) is 2.95. The molecule has 0 spiro atoms. The summed E-state index contributed by atoms with van der Waals surface area (Å²) in [6.07, 6.45) is 0.404. The molecule has 0 bridgehead atoms. The minimum atomic E-state index is -3.07. The van der Waals surface area contributed by atoms with Gasteiger partial charge < -0.3 is 10.6 Å². The fourth-order valence-electron chi connectivity index (χ4n) is 2.74. The van der Waals surface area contributed by atoms with Crippen LogP contribution in [0, 0.1) is 0 Å². The molecule has 1 heterocycles. The lowest BCUT2D eigenvalue weighted by atomic mass is 10.1. The van der Waals surface area contributed by atoms with Crippen LogP contribution in [0.25, 0.3) is 0 Å². The summed E-state index contributed by atoms with van der Waals surface area (Å²) in [7, 11) is -3.07. The summed E-state index contributed by atoms with van der Waals surface area (Å²) in [6, 6.07) is 12.7. The predicted octanol–water partition coefficient (Wildman–Crippen LogP) is 2.51. The number of carbonyl (C=O) groups is 2. The highest BCUT2D eigenvalue weighted by Crippen LogP contribution is 2.21. The molecule has 1 saturated heterocycles. The third-order valence-corrected chi connectivity index (χ3v) is 6.17. The summed E-state index contributed by atoms with van der Waals surface area (Å²) < 4.78 is 23.0. The fraction of sp³-hybridized carbons (Fsp3) is 0.222. The number of halogens is 1. The molecule has 26 heavy (non-hydrogen) atoms. The summed E-state index contributed by atoms with van der Waals surface area (Å²) in [6.45, 7) is 0. The molecular weight excluding hydrogens is 376 g/mol. The van der Waals surface area contributed by atoms with E-state index in [0.29, 0.717) is 28.3 Å². The Balaban J connectivity index is 1.70. The van der Waals surface area contributed by atoms with Crippen LogP contribution < -0.4 is 10.6 Å². The molecule has 2 amide bonds. The number of hydrogen-bond donors (Lipinski definition) is 2. The molecule has 1 unspecified atom stereocenters. The number of anilines is 1. The molecule has 6 nitrogen and oxygen atoms in total. The van der Waals surface area contributed by atoms with E-state index in [4.69, 9.17) is 11.6 Å². The van der Waals surface area contributed by atoms with E-state index in [-0.39, 0.29) is 11.5 Å². The van der Waals surface area contributed by atoms with Crippen molar-refractivity contribution in [1.82, 2.24) is 5.32 Å². The first-order valence-corrected chi connectivity index (χ1v) is 10.2. The highest BCUT2D eigenvalue weighted by atomic mass is 35.5. The van der Waals surface area contributed by atoms with Gasteiger partial charge >= 0.3 is 0 Å². The molecule has 0 radical (unpaired) electrons. The first-order chi connectivity index (χ1) is 12.3. The summed E-state index contributed by atoms with van der Waals surface area (Å²) in [5, 5.41) is 5.81. The average molecular weight is 393 g/mol. The molecule has 3 rings (SSSR count). The van der Waals surface area contributed by atoms with Crippen molar-refractivity contribution in [3.8, 4) is 0 Å². The fourth-order valence-corrected chi connectivity index (χ4v) is 4.59. The van der Waals surface area contributed by atoms with Crippen LogP contribution in [0.3, 0.4) is 0 Å². The van der Waals surface area contributed by atoms with Crippen LogP contribution in [0.2, 0.25) is 5.02 Å². The number of rotatable bonds is 4. The van der Waals surface area contributed by atoms with Crippen LogP contribution >= 0.6 is 11.6 Å². The van der Waals surface area contributed by atoms with E-state index in [9.17, 15) is 18.0 Å².